The number of nitrogens with zero attached hydrogens (tertiary/aromatic N) is 1. The fraction of sp³-hybridized carbons (Fsp3) is 0.576. The number of nitro benzene ring substituents is 1. The van der Waals surface area contributed by atoms with Gasteiger partial charge < -0.3 is 35.5 Å². The maximum Gasteiger partial charge on any atom is 0.514 e. The summed E-state index contributed by atoms with van der Waals surface area (Å²) < 4.78 is 16.6. The summed E-state index contributed by atoms with van der Waals surface area (Å²) in [5.41, 5.74) is 4.06. The van der Waals surface area contributed by atoms with Crippen LogP contribution in [-0.4, -0.2) is 66.5 Å². The molecule has 0 radical (unpaired) electrons. The second-order valence-corrected chi connectivity index (χ2v) is 22.4. The van der Waals surface area contributed by atoms with Gasteiger partial charge in [-0.1, -0.05) is 108 Å². The number of rotatable bonds is 24. The Bertz CT molecular complexity index is 2430. The zero-order valence-electron chi connectivity index (χ0n) is 44.2. The van der Waals surface area contributed by atoms with E-state index in [1.165, 1.54) is 82.1 Å². The smallest absolute Gasteiger partial charge is 0.429 e. The highest BCUT2D eigenvalue weighted by molar-refractivity contribution is 5.96. The Morgan fingerprint density at radius 2 is 1.53 bits per heavy atom. The molecule has 4 aliphatic rings. The van der Waals surface area contributed by atoms with Crippen LogP contribution in [0.1, 0.15) is 136 Å². The highest BCUT2D eigenvalue weighted by Gasteiger charge is 2.59. The Kier molecular flexibility index (Phi) is 19.5. The van der Waals surface area contributed by atoms with Crippen molar-refractivity contribution in [2.45, 2.75) is 150 Å². The van der Waals surface area contributed by atoms with Crippen LogP contribution in [-0.2, 0) is 41.7 Å². The van der Waals surface area contributed by atoms with Gasteiger partial charge in [0.25, 0.3) is 5.69 Å². The van der Waals surface area contributed by atoms with Gasteiger partial charge in [-0.05, 0) is 140 Å². The summed E-state index contributed by atoms with van der Waals surface area (Å²) in [7, 11) is 0. The fourth-order valence-corrected chi connectivity index (χ4v) is 13.1. The number of non-ortho nitro benzene ring substituents is 1. The molecule has 0 bridgehead atoms. The number of anilines is 1. The molecule has 3 aromatic rings. The maximum atomic E-state index is 13.4. The summed E-state index contributed by atoms with van der Waals surface area (Å²) in [4.78, 5) is 74.6. The number of nitrogens with one attached hydrogen (secondary N) is 4. The lowest BCUT2D eigenvalue weighted by molar-refractivity contribution is -0.384. The van der Waals surface area contributed by atoms with Crippen LogP contribution >= 0.6 is 0 Å². The normalized spacial score (nSPS) is 24.7. The Labute approximate surface area is 437 Å². The number of hydrogen-bond acceptors (Lipinski definition) is 10. The zero-order valence-corrected chi connectivity index (χ0v) is 44.2. The first-order valence-electron chi connectivity index (χ1n) is 27.2. The van der Waals surface area contributed by atoms with Crippen LogP contribution in [0.5, 0.6) is 5.75 Å². The van der Waals surface area contributed by atoms with Gasteiger partial charge in [0.2, 0.25) is 23.6 Å². The van der Waals surface area contributed by atoms with Crippen LogP contribution in [0.2, 0.25) is 0 Å². The quantitative estimate of drug-likeness (QED) is 0.0167. The SMILES string of the molecule is CC(C)CCCC(C)[C@H]1CC[C@H]2[C@@H]3CC=C4C[C@@H](OCCCNC(=O)CCC(=O)NC(Cc5ccccc5)C(=O)NCC(=O)Nc5ccc(COC(=O)Oc6ccc([N+](=O)[O-])cc6)cc5)CC[C@]4(C)[C@H]3CC[C@]12C. The standard InChI is InChI=1S/C59H79N5O10/c1-39(2)11-9-12-40(3)49-25-26-50-48-24-17-43-36-47(29-31-58(43,4)51(48)30-32-59(49,50)5)72-34-10-33-60-53(65)27-28-54(66)63-52(35-41-13-7-6-8-14-41)56(68)61-37-55(67)62-44-18-15-42(16-19-44)38-73-57(69)74-46-22-20-45(21-23-46)64(70)71/h6-8,13-23,39-40,47-52H,9-12,24-38H2,1-5H3,(H,60,65)(H,61,68)(H,62,67)(H,63,66)/t40?,47-,48-,49+,50-,51-,52?,58-,59+/m0/s1. The summed E-state index contributed by atoms with van der Waals surface area (Å²) in [6.07, 6.45) is 16.7. The van der Waals surface area contributed by atoms with Crippen molar-refractivity contribution in [1.29, 1.82) is 0 Å². The number of amides is 4. The van der Waals surface area contributed by atoms with Gasteiger partial charge in [-0.25, -0.2) is 4.79 Å². The number of carbonyl (C=O) groups is 5. The minimum atomic E-state index is -0.998. The molecule has 4 N–H and O–H groups in total. The minimum Gasteiger partial charge on any atom is -0.429 e. The van der Waals surface area contributed by atoms with Gasteiger partial charge in [0.15, 0.2) is 0 Å². The number of benzene rings is 3. The first-order valence-corrected chi connectivity index (χ1v) is 27.2. The van der Waals surface area contributed by atoms with Crippen LogP contribution in [0, 0.1) is 56.5 Å². The molecular weight excluding hydrogens is 939 g/mol. The molecule has 9 atom stereocenters. The van der Waals surface area contributed by atoms with Gasteiger partial charge in [-0.2, -0.15) is 0 Å². The van der Waals surface area contributed by atoms with Crippen molar-refractivity contribution < 1.29 is 43.1 Å². The Morgan fingerprint density at radius 3 is 2.26 bits per heavy atom. The average Bonchev–Trinajstić information content (AvgIpc) is 3.74. The highest BCUT2D eigenvalue weighted by atomic mass is 16.7. The lowest BCUT2D eigenvalue weighted by Gasteiger charge is -2.58. The van der Waals surface area contributed by atoms with E-state index in [4.69, 9.17) is 14.2 Å². The Hall–Kier alpha value is -6.09. The minimum absolute atomic E-state index is 0.0402. The van der Waals surface area contributed by atoms with Gasteiger partial charge in [-0.15, -0.1) is 0 Å². The number of ether oxygens (including phenoxy) is 3. The molecule has 0 aromatic heterocycles. The topological polar surface area (TPSA) is 204 Å². The number of carbonyl (C=O) groups excluding carboxylic acids is 5. The molecule has 2 unspecified atom stereocenters. The van der Waals surface area contributed by atoms with E-state index in [9.17, 15) is 34.1 Å². The summed E-state index contributed by atoms with van der Waals surface area (Å²) in [5, 5.41) is 21.8. The molecule has 0 saturated heterocycles. The van der Waals surface area contributed by atoms with Crippen LogP contribution in [0.4, 0.5) is 16.2 Å². The van der Waals surface area contributed by atoms with E-state index in [1.54, 1.807) is 29.8 Å². The second kappa shape index (κ2) is 25.9. The molecule has 7 rings (SSSR count). The van der Waals surface area contributed by atoms with Gasteiger partial charge in [-0.3, -0.25) is 29.3 Å². The van der Waals surface area contributed by atoms with Crippen LogP contribution < -0.4 is 26.0 Å². The lowest BCUT2D eigenvalue weighted by atomic mass is 9.47. The molecule has 15 heteroatoms. The predicted molar refractivity (Wildman–Crippen MR) is 284 cm³/mol. The maximum absolute atomic E-state index is 13.4. The van der Waals surface area contributed by atoms with Crippen molar-refractivity contribution in [3.05, 3.63) is 112 Å². The van der Waals surface area contributed by atoms with E-state index in [2.05, 4.69) is 62.0 Å². The molecule has 4 amide bonds. The number of fused-ring (bicyclic) bond motifs is 5. The van der Waals surface area contributed by atoms with E-state index in [0.717, 1.165) is 53.9 Å². The number of nitro groups is 1. The third kappa shape index (κ3) is 14.8. The fourth-order valence-electron chi connectivity index (χ4n) is 13.1. The Morgan fingerprint density at radius 1 is 0.784 bits per heavy atom. The van der Waals surface area contributed by atoms with Gasteiger partial charge in [0, 0.05) is 50.2 Å². The number of allylic oxidation sites excluding steroid dienone is 1. The van der Waals surface area contributed by atoms with E-state index < -0.39 is 34.8 Å². The lowest BCUT2D eigenvalue weighted by Crippen LogP contribution is -2.51. The molecule has 0 aliphatic heterocycles. The molecule has 0 heterocycles. The average molecular weight is 1020 g/mol. The summed E-state index contributed by atoms with van der Waals surface area (Å²) in [6, 6.07) is 19.6. The van der Waals surface area contributed by atoms with E-state index in [1.807, 2.05) is 30.3 Å². The van der Waals surface area contributed by atoms with Crippen LogP contribution in [0.15, 0.2) is 90.5 Å². The first-order chi connectivity index (χ1) is 35.5. The molecule has 3 fully saturated rings. The van der Waals surface area contributed by atoms with E-state index in [-0.39, 0.29) is 61.3 Å². The van der Waals surface area contributed by atoms with Crippen molar-refractivity contribution in [2.24, 2.45) is 46.3 Å². The third-order valence-electron chi connectivity index (χ3n) is 17.0. The summed E-state index contributed by atoms with van der Waals surface area (Å²) >= 11 is 0. The molecule has 3 saturated carbocycles. The highest BCUT2D eigenvalue weighted by Crippen LogP contribution is 2.67. The van der Waals surface area contributed by atoms with Crippen molar-refractivity contribution in [2.75, 3.05) is 25.0 Å². The summed E-state index contributed by atoms with van der Waals surface area (Å²) in [6.45, 7) is 13.0. The Balaban J connectivity index is 0.783. The van der Waals surface area contributed by atoms with Crippen molar-refractivity contribution in [1.82, 2.24) is 16.0 Å². The van der Waals surface area contributed by atoms with Crippen LogP contribution in [0.25, 0.3) is 0 Å². The monoisotopic (exact) mass is 1020 g/mol. The molecule has 3 aromatic carbocycles. The molecule has 15 nitrogen and oxygen atoms in total. The van der Waals surface area contributed by atoms with Gasteiger partial charge >= 0.3 is 6.16 Å². The molecule has 0 spiro atoms. The predicted octanol–water partition coefficient (Wildman–Crippen LogP) is 10.8. The van der Waals surface area contributed by atoms with Gasteiger partial charge in [0.05, 0.1) is 17.6 Å². The van der Waals surface area contributed by atoms with Crippen molar-refractivity contribution >= 4 is 41.2 Å². The largest absolute Gasteiger partial charge is 0.514 e. The first kappa shape index (κ1) is 55.7. The van der Waals surface area contributed by atoms with Crippen LogP contribution in [0.3, 0.4) is 0 Å². The van der Waals surface area contributed by atoms with Crippen molar-refractivity contribution in [3.63, 3.8) is 0 Å². The molecule has 400 valence electrons. The third-order valence-corrected chi connectivity index (χ3v) is 17.0. The van der Waals surface area contributed by atoms with E-state index in [0.29, 0.717) is 36.2 Å². The van der Waals surface area contributed by atoms with Crippen molar-refractivity contribution in [3.8, 4) is 5.75 Å². The molecule has 74 heavy (non-hydrogen) atoms. The number of hydrogen-bond donors (Lipinski definition) is 4. The zero-order chi connectivity index (χ0) is 52.8. The van der Waals surface area contributed by atoms with Gasteiger partial charge in [0.1, 0.15) is 18.4 Å². The second-order valence-electron chi connectivity index (χ2n) is 22.4. The molecular formula is C59H79N5O10. The summed E-state index contributed by atoms with van der Waals surface area (Å²) in [5.74, 6) is 3.22. The molecule has 4 aliphatic carbocycles. The van der Waals surface area contributed by atoms with E-state index >= 15 is 0 Å².